The van der Waals surface area contributed by atoms with Gasteiger partial charge in [0.25, 0.3) is 0 Å². The molecule has 0 heterocycles. The Morgan fingerprint density at radius 1 is 1.12 bits per heavy atom. The fourth-order valence-electron chi connectivity index (χ4n) is 2.01. The van der Waals surface area contributed by atoms with Crippen molar-refractivity contribution in [2.75, 3.05) is 11.1 Å². The van der Waals surface area contributed by atoms with Crippen molar-refractivity contribution in [3.63, 3.8) is 0 Å². The molecule has 0 radical (unpaired) electrons. The molecule has 0 unspecified atom stereocenters. The van der Waals surface area contributed by atoms with Crippen LogP contribution in [-0.2, 0) is 4.79 Å². The summed E-state index contributed by atoms with van der Waals surface area (Å²) in [7, 11) is 0. The summed E-state index contributed by atoms with van der Waals surface area (Å²) in [4.78, 5) is 12.8. The van der Waals surface area contributed by atoms with Gasteiger partial charge in [0.05, 0.1) is 0 Å². The molecule has 2 rings (SSSR count). The summed E-state index contributed by atoms with van der Waals surface area (Å²) in [5, 5.41) is 3.39. The third kappa shape index (κ3) is 6.72. The van der Waals surface area contributed by atoms with Crippen LogP contribution in [0, 0.1) is 19.7 Å². The van der Waals surface area contributed by atoms with E-state index in [1.807, 2.05) is 32.0 Å². The second kappa shape index (κ2) is 9.39. The van der Waals surface area contributed by atoms with Crippen LogP contribution in [0.3, 0.4) is 0 Å². The van der Waals surface area contributed by atoms with Crippen molar-refractivity contribution < 1.29 is 9.18 Å². The maximum atomic E-state index is 12.8. The number of hydrazine groups is 1. The van der Waals surface area contributed by atoms with Crippen molar-refractivity contribution in [1.82, 2.24) is 10.9 Å². The number of hydrogen-bond donors (Lipinski definition) is 3. The summed E-state index contributed by atoms with van der Waals surface area (Å²) in [5.41, 5.74) is 8.35. The van der Waals surface area contributed by atoms with E-state index in [1.165, 1.54) is 23.9 Å². The number of anilines is 1. The van der Waals surface area contributed by atoms with E-state index in [-0.39, 0.29) is 11.7 Å². The Bertz CT molecular complexity index is 750. The Labute approximate surface area is 156 Å². The summed E-state index contributed by atoms with van der Waals surface area (Å²) in [6.07, 6.45) is 0.321. The summed E-state index contributed by atoms with van der Waals surface area (Å²) in [6.45, 7) is 3.98. The van der Waals surface area contributed by atoms with Crippen molar-refractivity contribution in [1.29, 1.82) is 0 Å². The molecule has 3 N–H and O–H groups in total. The highest BCUT2D eigenvalue weighted by atomic mass is 32.2. The second-order valence-corrected chi connectivity index (χ2v) is 7.07. The predicted octanol–water partition coefficient (Wildman–Crippen LogP) is 3.94. The highest BCUT2D eigenvalue weighted by Gasteiger charge is 2.05. The number of halogens is 1. The topological polar surface area (TPSA) is 53.2 Å². The minimum Gasteiger partial charge on any atom is -0.331 e. The van der Waals surface area contributed by atoms with Crippen molar-refractivity contribution >= 4 is 40.7 Å². The van der Waals surface area contributed by atoms with Crippen LogP contribution >= 0.6 is 24.0 Å². The van der Waals surface area contributed by atoms with Gasteiger partial charge in [-0.25, -0.2) is 4.39 Å². The third-order valence-electron chi connectivity index (χ3n) is 3.37. The first-order valence-electron chi connectivity index (χ1n) is 7.75. The number of thioether (sulfide) groups is 1. The maximum Gasteiger partial charge on any atom is 0.239 e. The molecule has 0 bridgehead atoms. The monoisotopic (exact) mass is 377 g/mol. The number of rotatable bonds is 5. The molecule has 132 valence electrons. The van der Waals surface area contributed by atoms with Crippen LogP contribution in [-0.4, -0.2) is 16.8 Å². The van der Waals surface area contributed by atoms with Gasteiger partial charge in [-0.15, -0.1) is 11.8 Å². The zero-order chi connectivity index (χ0) is 18.2. The average Bonchev–Trinajstić information content (AvgIpc) is 2.58. The van der Waals surface area contributed by atoms with Crippen molar-refractivity contribution in [3.05, 3.63) is 59.4 Å². The largest absolute Gasteiger partial charge is 0.331 e. The van der Waals surface area contributed by atoms with Crippen LogP contribution in [0.4, 0.5) is 10.1 Å². The number of hydrogen-bond acceptors (Lipinski definition) is 3. The number of amides is 1. The van der Waals surface area contributed by atoms with Gasteiger partial charge in [0.1, 0.15) is 5.82 Å². The fourth-order valence-corrected chi connectivity index (χ4v) is 3.02. The fraction of sp³-hybridized carbons (Fsp3) is 0.222. The Morgan fingerprint density at radius 2 is 1.84 bits per heavy atom. The SMILES string of the molecule is Cc1ccc(C)c(NC(=S)NNC(=O)CCSc2ccc(F)cc2)c1. The van der Waals surface area contributed by atoms with Crippen LogP contribution in [0.15, 0.2) is 47.4 Å². The van der Waals surface area contributed by atoms with E-state index >= 15 is 0 Å². The van der Waals surface area contributed by atoms with Gasteiger partial charge in [-0.3, -0.25) is 15.6 Å². The maximum absolute atomic E-state index is 12.8. The van der Waals surface area contributed by atoms with E-state index in [9.17, 15) is 9.18 Å². The lowest BCUT2D eigenvalue weighted by Crippen LogP contribution is -2.43. The van der Waals surface area contributed by atoms with Gasteiger partial charge in [-0.1, -0.05) is 12.1 Å². The van der Waals surface area contributed by atoms with Crippen molar-refractivity contribution in [3.8, 4) is 0 Å². The van der Waals surface area contributed by atoms with Gasteiger partial charge in [-0.05, 0) is 67.5 Å². The summed E-state index contributed by atoms with van der Waals surface area (Å²) in [5.74, 6) is 0.159. The van der Waals surface area contributed by atoms with Crippen LogP contribution < -0.4 is 16.2 Å². The summed E-state index contributed by atoms with van der Waals surface area (Å²) >= 11 is 6.68. The molecule has 0 fully saturated rings. The Hall–Kier alpha value is -2.12. The second-order valence-electron chi connectivity index (χ2n) is 5.50. The van der Waals surface area contributed by atoms with Gasteiger partial charge in [0.15, 0.2) is 5.11 Å². The molecule has 0 aliphatic heterocycles. The molecule has 7 heteroatoms. The normalized spacial score (nSPS) is 10.2. The Balaban J connectivity index is 1.69. The Morgan fingerprint density at radius 3 is 2.56 bits per heavy atom. The van der Waals surface area contributed by atoms with Crippen LogP contribution in [0.25, 0.3) is 0 Å². The lowest BCUT2D eigenvalue weighted by molar-refractivity contribution is -0.121. The molecule has 0 atom stereocenters. The highest BCUT2D eigenvalue weighted by Crippen LogP contribution is 2.18. The Kier molecular flexibility index (Phi) is 7.21. The molecule has 0 aromatic heterocycles. The highest BCUT2D eigenvalue weighted by molar-refractivity contribution is 7.99. The standard InChI is InChI=1S/C18H20FN3OS2/c1-12-3-4-13(2)16(11-12)20-18(24)22-21-17(23)9-10-25-15-7-5-14(19)6-8-15/h3-8,11H,9-10H2,1-2H3,(H,21,23)(H2,20,22,24). The molecule has 1 amide bonds. The smallest absolute Gasteiger partial charge is 0.239 e. The van der Waals surface area contributed by atoms with Gasteiger partial charge in [0.2, 0.25) is 5.91 Å². The molecule has 4 nitrogen and oxygen atoms in total. The molecule has 2 aromatic rings. The summed E-state index contributed by atoms with van der Waals surface area (Å²) < 4.78 is 12.8. The summed E-state index contributed by atoms with van der Waals surface area (Å²) in [6, 6.07) is 12.2. The van der Waals surface area contributed by atoms with Crippen molar-refractivity contribution in [2.45, 2.75) is 25.2 Å². The van der Waals surface area contributed by atoms with Crippen LogP contribution in [0.5, 0.6) is 0 Å². The van der Waals surface area contributed by atoms with Crippen LogP contribution in [0.1, 0.15) is 17.5 Å². The van der Waals surface area contributed by atoms with E-state index < -0.39 is 0 Å². The lowest BCUT2D eigenvalue weighted by atomic mass is 10.1. The van der Waals surface area contributed by atoms with E-state index in [4.69, 9.17) is 12.2 Å². The molecule has 2 aromatic carbocycles. The minimum absolute atomic E-state index is 0.167. The number of nitrogens with one attached hydrogen (secondary N) is 3. The number of carbonyl (C=O) groups excluding carboxylic acids is 1. The number of benzene rings is 2. The van der Waals surface area contributed by atoms with Gasteiger partial charge < -0.3 is 5.32 Å². The molecule has 25 heavy (non-hydrogen) atoms. The molecular weight excluding hydrogens is 357 g/mol. The van der Waals surface area contributed by atoms with E-state index in [0.717, 1.165) is 21.7 Å². The lowest BCUT2D eigenvalue weighted by Gasteiger charge is -2.13. The number of thiocarbonyl (C=S) groups is 1. The third-order valence-corrected chi connectivity index (χ3v) is 4.59. The van der Waals surface area contributed by atoms with E-state index in [0.29, 0.717) is 17.3 Å². The average molecular weight is 378 g/mol. The number of carbonyl (C=O) groups is 1. The molecular formula is C18H20FN3OS2. The number of aryl methyl sites for hydroxylation is 2. The molecule has 0 aliphatic carbocycles. The van der Waals surface area contributed by atoms with E-state index in [1.54, 1.807) is 12.1 Å². The molecule has 0 saturated heterocycles. The van der Waals surface area contributed by atoms with Gasteiger partial charge in [0, 0.05) is 22.8 Å². The molecule has 0 saturated carbocycles. The zero-order valence-electron chi connectivity index (χ0n) is 14.1. The minimum atomic E-state index is -0.267. The van der Waals surface area contributed by atoms with Crippen molar-refractivity contribution in [2.24, 2.45) is 0 Å². The first-order valence-corrected chi connectivity index (χ1v) is 9.15. The quantitative estimate of drug-likeness (QED) is 0.419. The van der Waals surface area contributed by atoms with Crippen LogP contribution in [0.2, 0.25) is 0 Å². The zero-order valence-corrected chi connectivity index (χ0v) is 15.7. The first-order chi connectivity index (χ1) is 11.9. The van der Waals surface area contributed by atoms with Gasteiger partial charge in [-0.2, -0.15) is 0 Å². The molecule has 0 spiro atoms. The van der Waals surface area contributed by atoms with E-state index in [2.05, 4.69) is 16.2 Å². The molecule has 0 aliphatic rings. The first kappa shape index (κ1) is 19.2. The van der Waals surface area contributed by atoms with Gasteiger partial charge >= 0.3 is 0 Å². The predicted molar refractivity (Wildman–Crippen MR) is 105 cm³/mol.